The van der Waals surface area contributed by atoms with Gasteiger partial charge in [-0.25, -0.2) is 4.90 Å². The molecule has 1 aliphatic rings. The van der Waals surface area contributed by atoms with Crippen molar-refractivity contribution in [2.24, 2.45) is 0 Å². The Kier molecular flexibility index (Phi) is 2.44. The first-order chi connectivity index (χ1) is 5.11. The van der Waals surface area contributed by atoms with E-state index >= 15 is 0 Å². The second-order valence-corrected chi connectivity index (χ2v) is 3.31. The first-order valence-corrected chi connectivity index (χ1v) is 3.99. The van der Waals surface area contributed by atoms with Gasteiger partial charge in [0.1, 0.15) is 0 Å². The Hall–Kier alpha value is -0.640. The maximum absolute atomic E-state index is 10.2. The van der Waals surface area contributed by atoms with E-state index in [2.05, 4.69) is 0 Å². The predicted molar refractivity (Wildman–Crippen MR) is 41.9 cm³/mol. The highest BCUT2D eigenvalue weighted by atomic mass is 16.6. The quantitative estimate of drug-likeness (QED) is 0.349. The largest absolute Gasteiger partial charge is 0.263 e. The van der Waals surface area contributed by atoms with Crippen molar-refractivity contribution in [3.63, 3.8) is 0 Å². The van der Waals surface area contributed by atoms with Gasteiger partial charge in [-0.1, -0.05) is 0 Å². The lowest BCUT2D eigenvalue weighted by Crippen LogP contribution is -2.37. The highest BCUT2D eigenvalue weighted by Gasteiger charge is 2.33. The molecule has 0 aromatic carbocycles. The molecule has 0 aliphatic heterocycles. The van der Waals surface area contributed by atoms with Gasteiger partial charge >= 0.3 is 0 Å². The van der Waals surface area contributed by atoms with E-state index in [4.69, 9.17) is 0 Å². The van der Waals surface area contributed by atoms with E-state index in [1.807, 2.05) is 18.7 Å². The molecule has 1 fully saturated rings. The van der Waals surface area contributed by atoms with Gasteiger partial charge in [-0.3, -0.25) is 10.1 Å². The standard InChI is InChI=1S/C7H14N2O2/c1-6(2)8(5-9(10)11)7-3-4-7/h6-7H,3-5H2,1-2H3. The second kappa shape index (κ2) is 3.17. The van der Waals surface area contributed by atoms with E-state index in [9.17, 15) is 10.1 Å². The van der Waals surface area contributed by atoms with Crippen LogP contribution in [0, 0.1) is 10.1 Å². The molecule has 1 rings (SSSR count). The molecule has 0 N–H and O–H groups in total. The third-order valence-electron chi connectivity index (χ3n) is 1.96. The number of hydrogen-bond donors (Lipinski definition) is 0. The summed E-state index contributed by atoms with van der Waals surface area (Å²) in [4.78, 5) is 11.9. The topological polar surface area (TPSA) is 46.4 Å². The van der Waals surface area contributed by atoms with Gasteiger partial charge in [-0.05, 0) is 26.7 Å². The Morgan fingerprint density at radius 1 is 1.64 bits per heavy atom. The van der Waals surface area contributed by atoms with Crippen LogP contribution in [0.15, 0.2) is 0 Å². The van der Waals surface area contributed by atoms with Crippen LogP contribution in [-0.4, -0.2) is 28.6 Å². The maximum Gasteiger partial charge on any atom is 0.259 e. The lowest BCUT2D eigenvalue weighted by molar-refractivity contribution is -0.506. The molecular weight excluding hydrogens is 144 g/mol. The van der Waals surface area contributed by atoms with E-state index < -0.39 is 0 Å². The summed E-state index contributed by atoms with van der Waals surface area (Å²) in [5.74, 6) is 0. The van der Waals surface area contributed by atoms with Crippen LogP contribution in [0.5, 0.6) is 0 Å². The molecule has 0 aromatic rings. The van der Waals surface area contributed by atoms with Crippen molar-refractivity contribution in [2.45, 2.75) is 38.8 Å². The summed E-state index contributed by atoms with van der Waals surface area (Å²) in [6.45, 7) is 4.01. The van der Waals surface area contributed by atoms with Crippen molar-refractivity contribution in [1.29, 1.82) is 0 Å². The first kappa shape index (κ1) is 8.46. The van der Waals surface area contributed by atoms with Gasteiger partial charge in [-0.2, -0.15) is 0 Å². The molecule has 0 heterocycles. The van der Waals surface area contributed by atoms with Crippen molar-refractivity contribution >= 4 is 0 Å². The second-order valence-electron chi connectivity index (χ2n) is 3.31. The average Bonchev–Trinajstić information content (AvgIpc) is 2.63. The predicted octanol–water partition coefficient (Wildman–Crippen LogP) is 1.09. The molecule has 0 atom stereocenters. The van der Waals surface area contributed by atoms with Crippen LogP contribution in [-0.2, 0) is 0 Å². The minimum Gasteiger partial charge on any atom is -0.263 e. The van der Waals surface area contributed by atoms with E-state index in [0.717, 1.165) is 12.8 Å². The van der Waals surface area contributed by atoms with Crippen LogP contribution < -0.4 is 0 Å². The molecule has 64 valence electrons. The van der Waals surface area contributed by atoms with E-state index in [1.54, 1.807) is 0 Å². The highest BCUT2D eigenvalue weighted by Crippen LogP contribution is 2.27. The molecule has 1 aliphatic carbocycles. The fraction of sp³-hybridized carbons (Fsp3) is 1.00. The molecule has 0 saturated heterocycles. The molecule has 0 unspecified atom stereocenters. The van der Waals surface area contributed by atoms with Crippen LogP contribution in [0.4, 0.5) is 0 Å². The Bertz CT molecular complexity index is 153. The van der Waals surface area contributed by atoms with Crippen molar-refractivity contribution in [2.75, 3.05) is 6.67 Å². The van der Waals surface area contributed by atoms with Gasteiger partial charge in [0.25, 0.3) is 6.67 Å². The lowest BCUT2D eigenvalue weighted by atomic mass is 10.3. The average molecular weight is 158 g/mol. The van der Waals surface area contributed by atoms with Crippen molar-refractivity contribution < 1.29 is 4.92 Å². The summed E-state index contributed by atoms with van der Waals surface area (Å²) >= 11 is 0. The minimum atomic E-state index is -0.252. The van der Waals surface area contributed by atoms with E-state index in [1.165, 1.54) is 0 Å². The van der Waals surface area contributed by atoms with Gasteiger partial charge < -0.3 is 0 Å². The SMILES string of the molecule is CC(C)N(C[N+](=O)[O-])C1CC1. The molecule has 11 heavy (non-hydrogen) atoms. The summed E-state index contributed by atoms with van der Waals surface area (Å²) in [7, 11) is 0. The van der Waals surface area contributed by atoms with Gasteiger partial charge in [0, 0.05) is 17.0 Å². The number of nitrogens with zero attached hydrogens (tertiary/aromatic N) is 2. The zero-order valence-corrected chi connectivity index (χ0v) is 6.99. The van der Waals surface area contributed by atoms with Crippen LogP contribution in [0.25, 0.3) is 0 Å². The molecule has 0 radical (unpaired) electrons. The van der Waals surface area contributed by atoms with Crippen molar-refractivity contribution in [1.82, 2.24) is 4.90 Å². The molecule has 0 spiro atoms. The van der Waals surface area contributed by atoms with Crippen LogP contribution in [0.1, 0.15) is 26.7 Å². The lowest BCUT2D eigenvalue weighted by Gasteiger charge is -2.20. The fourth-order valence-electron chi connectivity index (χ4n) is 1.24. The Labute approximate surface area is 66.3 Å². The number of rotatable bonds is 4. The maximum atomic E-state index is 10.2. The van der Waals surface area contributed by atoms with E-state index in [0.29, 0.717) is 12.1 Å². The Morgan fingerprint density at radius 2 is 2.18 bits per heavy atom. The van der Waals surface area contributed by atoms with Crippen LogP contribution in [0.3, 0.4) is 0 Å². The summed E-state index contributed by atoms with van der Waals surface area (Å²) in [5, 5.41) is 10.2. The van der Waals surface area contributed by atoms with Gasteiger partial charge in [-0.15, -0.1) is 0 Å². The molecule has 4 nitrogen and oxygen atoms in total. The van der Waals surface area contributed by atoms with Gasteiger partial charge in [0.15, 0.2) is 0 Å². The third kappa shape index (κ3) is 2.46. The van der Waals surface area contributed by atoms with Crippen LogP contribution >= 0.6 is 0 Å². The number of nitro groups is 1. The van der Waals surface area contributed by atoms with Gasteiger partial charge in [0.2, 0.25) is 0 Å². The smallest absolute Gasteiger partial charge is 0.259 e. The molecule has 4 heteroatoms. The molecule has 0 bridgehead atoms. The van der Waals surface area contributed by atoms with Crippen LogP contribution in [0.2, 0.25) is 0 Å². The number of hydrogen-bond acceptors (Lipinski definition) is 3. The fourth-order valence-corrected chi connectivity index (χ4v) is 1.24. The highest BCUT2D eigenvalue weighted by molar-refractivity contribution is 4.84. The zero-order chi connectivity index (χ0) is 8.43. The van der Waals surface area contributed by atoms with Crippen molar-refractivity contribution in [3.8, 4) is 0 Å². The monoisotopic (exact) mass is 158 g/mol. The summed E-state index contributed by atoms with van der Waals surface area (Å²) in [6, 6.07) is 0.785. The first-order valence-electron chi connectivity index (χ1n) is 3.99. The summed E-state index contributed by atoms with van der Waals surface area (Å²) in [5.41, 5.74) is 0. The Morgan fingerprint density at radius 3 is 2.45 bits per heavy atom. The normalized spacial score (nSPS) is 17.8. The zero-order valence-electron chi connectivity index (χ0n) is 6.99. The molecule has 0 aromatic heterocycles. The van der Waals surface area contributed by atoms with Gasteiger partial charge in [0.05, 0.1) is 0 Å². The molecule has 0 amide bonds. The third-order valence-corrected chi connectivity index (χ3v) is 1.96. The summed E-state index contributed by atoms with van der Waals surface area (Å²) in [6.07, 6.45) is 2.26. The van der Waals surface area contributed by atoms with E-state index in [-0.39, 0.29) is 11.6 Å². The Balaban J connectivity index is 2.38. The van der Waals surface area contributed by atoms with Crippen molar-refractivity contribution in [3.05, 3.63) is 10.1 Å². The molecule has 1 saturated carbocycles. The minimum absolute atomic E-state index is 0.00231. The molecular formula is C7H14N2O2. The summed E-state index contributed by atoms with van der Waals surface area (Å²) < 4.78 is 0.